The number of amides is 4. The number of hydrogen-bond acceptors (Lipinski definition) is 4. The lowest BCUT2D eigenvalue weighted by atomic mass is 10.0. The summed E-state index contributed by atoms with van der Waals surface area (Å²) < 4.78 is 0. The van der Waals surface area contributed by atoms with E-state index in [1.165, 1.54) is 4.90 Å². The Kier molecular flexibility index (Phi) is 6.63. The summed E-state index contributed by atoms with van der Waals surface area (Å²) in [4.78, 5) is 44.1. The van der Waals surface area contributed by atoms with Gasteiger partial charge in [-0.05, 0) is 50.5 Å². The Morgan fingerprint density at radius 3 is 1.78 bits per heavy atom. The first-order valence-corrected chi connectivity index (χ1v) is 7.51. The van der Waals surface area contributed by atoms with E-state index in [1.807, 2.05) is 32.9 Å². The zero-order chi connectivity index (χ0) is 17.6. The third-order valence-corrected chi connectivity index (χ3v) is 3.82. The number of nitrogens with one attached hydrogen (secondary N) is 1. The van der Waals surface area contributed by atoms with Gasteiger partial charge in [0, 0.05) is 6.04 Å². The number of carbonyl (C=O) groups excluding carboxylic acids is 4. The molecule has 1 heterocycles. The van der Waals surface area contributed by atoms with E-state index in [-0.39, 0.29) is 17.9 Å². The van der Waals surface area contributed by atoms with Gasteiger partial charge in [-0.2, -0.15) is 0 Å². The fourth-order valence-electron chi connectivity index (χ4n) is 2.50. The van der Waals surface area contributed by atoms with Gasteiger partial charge in [0.1, 0.15) is 0 Å². The lowest BCUT2D eigenvalue weighted by molar-refractivity contribution is -0.117. The zero-order valence-electron chi connectivity index (χ0n) is 13.9. The van der Waals surface area contributed by atoms with Crippen molar-refractivity contribution < 1.29 is 19.2 Å². The Morgan fingerprint density at radius 1 is 1.04 bits per heavy atom. The van der Waals surface area contributed by atoms with Crippen molar-refractivity contribution in [2.75, 3.05) is 0 Å². The van der Waals surface area contributed by atoms with Crippen LogP contribution in [0.25, 0.3) is 0 Å². The number of nitrogens with zero attached hydrogens (tertiary/aromatic N) is 1. The van der Waals surface area contributed by atoms with Gasteiger partial charge in [-0.1, -0.05) is 13.3 Å². The molecule has 6 nitrogen and oxygen atoms in total. The van der Waals surface area contributed by atoms with Crippen LogP contribution in [0.1, 0.15) is 58.5 Å². The highest BCUT2D eigenvalue weighted by Crippen LogP contribution is 2.28. The fourth-order valence-corrected chi connectivity index (χ4v) is 2.50. The molecule has 1 N–H and O–H groups in total. The zero-order valence-corrected chi connectivity index (χ0v) is 13.9. The van der Waals surface area contributed by atoms with Crippen molar-refractivity contribution in [3.63, 3.8) is 0 Å². The maximum Gasteiger partial charge on any atom is 0.261 e. The first kappa shape index (κ1) is 18.5. The summed E-state index contributed by atoms with van der Waals surface area (Å²) in [5, 5.41) is 1.75. The smallest absolute Gasteiger partial charge is 0.261 e. The first-order valence-electron chi connectivity index (χ1n) is 7.51. The molecule has 1 aromatic rings. The van der Waals surface area contributed by atoms with Crippen LogP contribution in [-0.4, -0.2) is 35.6 Å². The van der Waals surface area contributed by atoms with Crippen molar-refractivity contribution in [3.05, 3.63) is 34.4 Å². The molecule has 1 aliphatic heterocycles. The van der Waals surface area contributed by atoms with Crippen LogP contribution in [0.5, 0.6) is 0 Å². The van der Waals surface area contributed by atoms with E-state index in [9.17, 15) is 9.59 Å². The molecule has 4 amide bonds. The Labute approximate surface area is 135 Å². The maximum atomic E-state index is 12.3. The van der Waals surface area contributed by atoms with Crippen molar-refractivity contribution in [2.45, 2.75) is 46.6 Å². The Bertz CT molecular complexity index is 578. The minimum Gasteiger partial charge on any atom is -0.302 e. The maximum absolute atomic E-state index is 12.3. The van der Waals surface area contributed by atoms with Crippen LogP contribution in [0.3, 0.4) is 0 Å². The second kappa shape index (κ2) is 8.22. The van der Waals surface area contributed by atoms with Gasteiger partial charge in [0.05, 0.1) is 11.1 Å². The standard InChI is InChI=1S/C15H19NO2.C2H3NO2/c1-5-6-11(4)16-14(17)12-7-9(2)10(3)8-13(12)15(16)18;4-1-3-2-5/h7-8,11H,5-6H2,1-4H3;1-2H,(H,3,4,5). The molecule has 0 saturated carbocycles. The van der Waals surface area contributed by atoms with Crippen LogP contribution in [0, 0.1) is 13.8 Å². The van der Waals surface area contributed by atoms with Crippen LogP contribution < -0.4 is 5.32 Å². The lowest BCUT2D eigenvalue weighted by Gasteiger charge is -2.21. The highest BCUT2D eigenvalue weighted by molar-refractivity contribution is 6.21. The third-order valence-electron chi connectivity index (χ3n) is 3.82. The number of rotatable bonds is 5. The van der Waals surface area contributed by atoms with Crippen molar-refractivity contribution in [2.24, 2.45) is 0 Å². The molecule has 0 fully saturated rings. The molecule has 0 radical (unpaired) electrons. The van der Waals surface area contributed by atoms with Crippen LogP contribution in [0.15, 0.2) is 12.1 Å². The SMILES string of the molecule is CCCC(C)N1C(=O)c2cc(C)c(C)cc2C1=O.O=CNC=O. The van der Waals surface area contributed by atoms with Gasteiger partial charge >= 0.3 is 0 Å². The van der Waals surface area contributed by atoms with Crippen LogP contribution in [0.2, 0.25) is 0 Å². The van der Waals surface area contributed by atoms with Gasteiger partial charge in [0.25, 0.3) is 11.8 Å². The van der Waals surface area contributed by atoms with Gasteiger partial charge in [-0.3, -0.25) is 24.1 Å². The van der Waals surface area contributed by atoms with E-state index in [4.69, 9.17) is 9.59 Å². The largest absolute Gasteiger partial charge is 0.302 e. The van der Waals surface area contributed by atoms with Crippen molar-refractivity contribution in [1.29, 1.82) is 0 Å². The normalized spacial score (nSPS) is 13.8. The highest BCUT2D eigenvalue weighted by Gasteiger charge is 2.38. The molecule has 124 valence electrons. The summed E-state index contributed by atoms with van der Waals surface area (Å²) in [5.41, 5.74) is 3.23. The monoisotopic (exact) mass is 318 g/mol. The van der Waals surface area contributed by atoms with Crippen molar-refractivity contribution in [1.82, 2.24) is 10.2 Å². The number of imide groups is 2. The molecule has 1 aliphatic rings. The molecule has 1 aromatic carbocycles. The van der Waals surface area contributed by atoms with Crippen LogP contribution in [-0.2, 0) is 9.59 Å². The predicted octanol–water partition coefficient (Wildman–Crippen LogP) is 1.98. The molecule has 0 aliphatic carbocycles. The number of carbonyl (C=O) groups is 4. The summed E-state index contributed by atoms with van der Waals surface area (Å²) in [7, 11) is 0. The molecule has 1 unspecified atom stereocenters. The second-order valence-corrected chi connectivity index (χ2v) is 5.50. The summed E-state index contributed by atoms with van der Waals surface area (Å²) in [5.74, 6) is -0.280. The minimum atomic E-state index is -0.140. The van der Waals surface area contributed by atoms with E-state index in [1.54, 1.807) is 5.32 Å². The van der Waals surface area contributed by atoms with E-state index >= 15 is 0 Å². The number of hydrogen-bond donors (Lipinski definition) is 1. The van der Waals surface area contributed by atoms with Gasteiger partial charge < -0.3 is 5.32 Å². The topological polar surface area (TPSA) is 83.6 Å². The highest BCUT2D eigenvalue weighted by atomic mass is 16.2. The van der Waals surface area contributed by atoms with E-state index in [0.717, 1.165) is 24.0 Å². The lowest BCUT2D eigenvalue weighted by Crippen LogP contribution is -2.37. The Morgan fingerprint density at radius 2 is 1.48 bits per heavy atom. The number of fused-ring (bicyclic) bond motifs is 1. The summed E-state index contributed by atoms with van der Waals surface area (Å²) in [6, 6.07) is 3.65. The first-order chi connectivity index (χ1) is 10.9. The molecule has 2 rings (SSSR count). The molecular formula is C17H22N2O4. The van der Waals surface area contributed by atoms with Gasteiger partial charge in [-0.15, -0.1) is 0 Å². The third kappa shape index (κ3) is 4.03. The second-order valence-electron chi connectivity index (χ2n) is 5.50. The molecule has 0 bridgehead atoms. The Hall–Kier alpha value is -2.50. The van der Waals surface area contributed by atoms with Crippen molar-refractivity contribution >= 4 is 24.6 Å². The number of benzene rings is 1. The molecule has 6 heteroatoms. The van der Waals surface area contributed by atoms with Gasteiger partial charge in [-0.25, -0.2) is 0 Å². The van der Waals surface area contributed by atoms with E-state index < -0.39 is 0 Å². The number of aryl methyl sites for hydroxylation is 2. The molecule has 0 spiro atoms. The van der Waals surface area contributed by atoms with Gasteiger partial charge in [0.15, 0.2) is 0 Å². The summed E-state index contributed by atoms with van der Waals surface area (Å²) in [6.07, 6.45) is 2.44. The molecular weight excluding hydrogens is 296 g/mol. The minimum absolute atomic E-state index is 0.0250. The summed E-state index contributed by atoms with van der Waals surface area (Å²) >= 11 is 0. The predicted molar refractivity (Wildman–Crippen MR) is 86.0 cm³/mol. The van der Waals surface area contributed by atoms with E-state index in [2.05, 4.69) is 6.92 Å². The Balaban J connectivity index is 0.000000463. The molecule has 1 atom stereocenters. The quantitative estimate of drug-likeness (QED) is 0.664. The van der Waals surface area contributed by atoms with Crippen molar-refractivity contribution in [3.8, 4) is 0 Å². The molecule has 23 heavy (non-hydrogen) atoms. The van der Waals surface area contributed by atoms with Crippen LogP contribution in [0.4, 0.5) is 0 Å². The molecule has 0 saturated heterocycles. The van der Waals surface area contributed by atoms with E-state index in [0.29, 0.717) is 23.9 Å². The fraction of sp³-hybridized carbons (Fsp3) is 0.412. The average Bonchev–Trinajstić information content (AvgIpc) is 2.73. The van der Waals surface area contributed by atoms with Crippen LogP contribution >= 0.6 is 0 Å². The van der Waals surface area contributed by atoms with Gasteiger partial charge in [0.2, 0.25) is 12.8 Å². The molecule has 0 aromatic heterocycles. The average molecular weight is 318 g/mol. The summed E-state index contributed by atoms with van der Waals surface area (Å²) in [6.45, 7) is 7.92.